The van der Waals surface area contributed by atoms with Crippen molar-refractivity contribution < 1.29 is 19.1 Å². The van der Waals surface area contributed by atoms with E-state index in [-0.39, 0.29) is 24.0 Å². The van der Waals surface area contributed by atoms with Crippen molar-refractivity contribution in [2.75, 3.05) is 6.61 Å². The molecule has 246 valence electrons. The molecule has 4 heteroatoms. The van der Waals surface area contributed by atoms with Gasteiger partial charge in [0.15, 0.2) is 0 Å². The van der Waals surface area contributed by atoms with Gasteiger partial charge in [-0.3, -0.25) is 0 Å². The first kappa shape index (κ1) is 34.4. The Labute approximate surface area is 285 Å². The fraction of sp³-hybridized carbons (Fsp3) is 0.273. The van der Waals surface area contributed by atoms with Crippen LogP contribution in [0, 0.1) is 0 Å². The number of carbonyl (C=O) groups excluding carboxylic acids is 2. The van der Waals surface area contributed by atoms with Gasteiger partial charge in [-0.05, 0) is 112 Å². The molecule has 0 unspecified atom stereocenters. The third-order valence-electron chi connectivity index (χ3n) is 8.79. The van der Waals surface area contributed by atoms with Crippen LogP contribution < -0.4 is 0 Å². The van der Waals surface area contributed by atoms with E-state index in [2.05, 4.69) is 113 Å². The number of hydrogen-bond donors (Lipinski definition) is 0. The van der Waals surface area contributed by atoms with Crippen LogP contribution in [0.3, 0.4) is 0 Å². The van der Waals surface area contributed by atoms with Gasteiger partial charge in [0, 0.05) is 11.1 Å². The molecule has 0 radical (unpaired) electrons. The highest BCUT2D eigenvalue weighted by atomic mass is 16.5. The summed E-state index contributed by atoms with van der Waals surface area (Å²) >= 11 is 0. The second-order valence-electron chi connectivity index (χ2n) is 13.8. The Balaban J connectivity index is 1.50. The van der Waals surface area contributed by atoms with Crippen LogP contribution >= 0.6 is 0 Å². The molecule has 0 fully saturated rings. The molecule has 0 amide bonds. The maximum atomic E-state index is 11.9. The van der Waals surface area contributed by atoms with E-state index in [9.17, 15) is 9.59 Å². The van der Waals surface area contributed by atoms with Crippen LogP contribution in [0.5, 0.6) is 0 Å². The van der Waals surface area contributed by atoms with Crippen LogP contribution in [0.1, 0.15) is 70.6 Å². The van der Waals surface area contributed by atoms with Crippen LogP contribution in [-0.4, -0.2) is 18.5 Å². The maximum absolute atomic E-state index is 11.9. The Morgan fingerprint density at radius 1 is 0.604 bits per heavy atom. The second kappa shape index (κ2) is 14.9. The smallest absolute Gasteiger partial charge is 0.333 e. The summed E-state index contributed by atoms with van der Waals surface area (Å²) in [6.07, 6.45) is 3.86. The average Bonchev–Trinajstić information content (AvgIpc) is 3.07. The first-order valence-electron chi connectivity index (χ1n) is 16.8. The Hall–Kier alpha value is -4.96. The quantitative estimate of drug-likeness (QED) is 0.0590. The zero-order valence-electron chi connectivity index (χ0n) is 29.0. The molecule has 5 aromatic carbocycles. The van der Waals surface area contributed by atoms with E-state index in [1.807, 2.05) is 12.1 Å². The van der Waals surface area contributed by atoms with Crippen LogP contribution in [0.15, 0.2) is 115 Å². The monoisotopic (exact) mass is 638 g/mol. The van der Waals surface area contributed by atoms with Gasteiger partial charge in [0.1, 0.15) is 6.61 Å². The summed E-state index contributed by atoms with van der Waals surface area (Å²) in [6.45, 7) is 18.1. The summed E-state index contributed by atoms with van der Waals surface area (Å²) in [5.74, 6) is -0.696. The molecule has 0 bridgehead atoms. The van der Waals surface area contributed by atoms with Gasteiger partial charge in [0.25, 0.3) is 0 Å². The Kier molecular flexibility index (Phi) is 10.6. The summed E-state index contributed by atoms with van der Waals surface area (Å²) < 4.78 is 10.6. The number of esters is 2. The number of ether oxygens (including phenoxy) is 2. The second-order valence-corrected chi connectivity index (χ2v) is 13.8. The lowest BCUT2D eigenvalue weighted by atomic mass is 9.81. The summed E-state index contributed by atoms with van der Waals surface area (Å²) in [5, 5.41) is 4.84. The molecule has 0 N–H and O–H groups in total. The first-order chi connectivity index (χ1) is 22.9. The van der Waals surface area contributed by atoms with Crippen molar-refractivity contribution in [3.8, 4) is 22.3 Å². The molecule has 0 spiro atoms. The zero-order chi connectivity index (χ0) is 34.4. The van der Waals surface area contributed by atoms with Gasteiger partial charge in [-0.15, -0.1) is 0 Å². The number of aryl methyl sites for hydroxylation is 1. The van der Waals surface area contributed by atoms with Crippen molar-refractivity contribution in [3.63, 3.8) is 0 Å². The molecular formula is C44H46O4. The van der Waals surface area contributed by atoms with Crippen molar-refractivity contribution in [2.45, 2.75) is 72.3 Å². The highest BCUT2D eigenvalue weighted by Crippen LogP contribution is 2.45. The normalized spacial score (nSPS) is 11.4. The van der Waals surface area contributed by atoms with Gasteiger partial charge in [-0.2, -0.15) is 0 Å². The molecule has 0 saturated carbocycles. The molecule has 0 saturated heterocycles. The van der Waals surface area contributed by atoms with Crippen LogP contribution in [-0.2, 0) is 37.5 Å². The van der Waals surface area contributed by atoms with Gasteiger partial charge < -0.3 is 9.47 Å². The van der Waals surface area contributed by atoms with Crippen molar-refractivity contribution in [1.82, 2.24) is 0 Å². The van der Waals surface area contributed by atoms with E-state index < -0.39 is 0 Å². The molecule has 5 rings (SSSR count). The Morgan fingerprint density at radius 2 is 1.12 bits per heavy atom. The van der Waals surface area contributed by atoms with Crippen molar-refractivity contribution >= 4 is 33.5 Å². The largest absolute Gasteiger partial charge is 0.462 e. The maximum Gasteiger partial charge on any atom is 0.333 e. The number of benzene rings is 5. The topological polar surface area (TPSA) is 52.6 Å². The van der Waals surface area contributed by atoms with E-state index in [1.165, 1.54) is 49.4 Å². The van der Waals surface area contributed by atoms with E-state index in [1.54, 1.807) is 13.8 Å². The standard InChI is InChI=1S/C44H46O4/c1-29(2)42(45)47-26-12-8-9-13-31-16-20-34(21-17-31)41-37-15-11-10-14-36(37)40(38-25-24-35(27-39(38)41)44(5,6)7)33-22-18-32(19-23-33)28-48-43(46)30(3)4/h10-11,14-25,27H,1,3,8-9,12-13,26,28H2,2,4-7H3. The summed E-state index contributed by atoms with van der Waals surface area (Å²) in [5.41, 5.74) is 9.09. The summed E-state index contributed by atoms with van der Waals surface area (Å²) in [4.78, 5) is 23.5. The highest BCUT2D eigenvalue weighted by molar-refractivity contribution is 6.21. The van der Waals surface area contributed by atoms with Crippen LogP contribution in [0.2, 0.25) is 0 Å². The van der Waals surface area contributed by atoms with Crippen molar-refractivity contribution in [3.05, 3.63) is 132 Å². The van der Waals surface area contributed by atoms with Gasteiger partial charge >= 0.3 is 11.9 Å². The lowest BCUT2D eigenvalue weighted by Gasteiger charge is -2.23. The van der Waals surface area contributed by atoms with Gasteiger partial charge in [0.2, 0.25) is 0 Å². The number of carbonyl (C=O) groups is 2. The van der Waals surface area contributed by atoms with E-state index in [0.717, 1.165) is 36.8 Å². The fourth-order valence-corrected chi connectivity index (χ4v) is 6.04. The molecule has 4 nitrogen and oxygen atoms in total. The molecule has 5 aromatic rings. The predicted octanol–water partition coefficient (Wildman–Crippen LogP) is 11.1. The molecule has 0 aromatic heterocycles. The number of unbranched alkanes of at least 4 members (excludes halogenated alkanes) is 2. The van der Waals surface area contributed by atoms with Gasteiger partial charge in [0.05, 0.1) is 6.61 Å². The molecule has 0 aliphatic carbocycles. The number of hydrogen-bond acceptors (Lipinski definition) is 4. The van der Waals surface area contributed by atoms with E-state index in [0.29, 0.717) is 17.8 Å². The van der Waals surface area contributed by atoms with Crippen molar-refractivity contribution in [2.24, 2.45) is 0 Å². The molecule has 0 aliphatic heterocycles. The minimum atomic E-state index is -0.381. The summed E-state index contributed by atoms with van der Waals surface area (Å²) in [7, 11) is 0. The highest BCUT2D eigenvalue weighted by Gasteiger charge is 2.20. The molecule has 0 heterocycles. The van der Waals surface area contributed by atoms with Gasteiger partial charge in [-0.1, -0.05) is 119 Å². The average molecular weight is 639 g/mol. The number of rotatable bonds is 12. The van der Waals surface area contributed by atoms with Crippen LogP contribution in [0.4, 0.5) is 0 Å². The predicted molar refractivity (Wildman–Crippen MR) is 199 cm³/mol. The minimum absolute atomic E-state index is 0.00710. The lowest BCUT2D eigenvalue weighted by molar-refractivity contribution is -0.140. The van der Waals surface area contributed by atoms with E-state index in [4.69, 9.17) is 9.47 Å². The Morgan fingerprint density at radius 3 is 1.69 bits per heavy atom. The fourth-order valence-electron chi connectivity index (χ4n) is 6.04. The minimum Gasteiger partial charge on any atom is -0.462 e. The zero-order valence-corrected chi connectivity index (χ0v) is 29.0. The Bertz CT molecular complexity index is 1970. The third-order valence-corrected chi connectivity index (χ3v) is 8.79. The third kappa shape index (κ3) is 7.94. The molecule has 0 atom stereocenters. The molecule has 48 heavy (non-hydrogen) atoms. The van der Waals surface area contributed by atoms with E-state index >= 15 is 0 Å². The van der Waals surface area contributed by atoms with Crippen LogP contribution in [0.25, 0.3) is 43.8 Å². The SMILES string of the molecule is C=C(C)C(=O)OCCCCCc1ccc(-c2c3ccccc3c(-c3ccc(COC(=O)C(=C)C)cc3)c3ccc(C(C)(C)C)cc23)cc1. The summed E-state index contributed by atoms with van der Waals surface area (Å²) in [6, 6.07) is 32.9. The lowest BCUT2D eigenvalue weighted by Crippen LogP contribution is -2.10. The first-order valence-corrected chi connectivity index (χ1v) is 16.8. The van der Waals surface area contributed by atoms with Crippen molar-refractivity contribution in [1.29, 1.82) is 0 Å². The van der Waals surface area contributed by atoms with Gasteiger partial charge in [-0.25, -0.2) is 9.59 Å². The molecule has 0 aliphatic rings. The molecular weight excluding hydrogens is 592 g/mol. The number of fused-ring (bicyclic) bond motifs is 2.